The number of carbonyl (C=O) groups is 1. The summed E-state index contributed by atoms with van der Waals surface area (Å²) in [5, 5.41) is 13.1. The molecule has 0 spiro atoms. The summed E-state index contributed by atoms with van der Waals surface area (Å²) >= 11 is 1.54. The summed E-state index contributed by atoms with van der Waals surface area (Å²) in [4.78, 5) is 22.8. The van der Waals surface area contributed by atoms with Crippen molar-refractivity contribution >= 4 is 27.3 Å². The minimum atomic E-state index is -0.500. The van der Waals surface area contributed by atoms with Crippen LogP contribution in [0.25, 0.3) is 21.3 Å². The van der Waals surface area contributed by atoms with Crippen LogP contribution in [0.4, 0.5) is 0 Å². The molecule has 1 N–H and O–H groups in total. The van der Waals surface area contributed by atoms with Crippen molar-refractivity contribution in [2.45, 2.75) is 19.8 Å². The Balaban J connectivity index is 1.85. The Bertz CT molecular complexity index is 1140. The lowest BCUT2D eigenvalue weighted by Gasteiger charge is -2.14. The molecule has 5 heteroatoms. The Morgan fingerprint density at radius 1 is 1.11 bits per heavy atom. The summed E-state index contributed by atoms with van der Waals surface area (Å²) < 4.78 is 0. The van der Waals surface area contributed by atoms with Gasteiger partial charge in [-0.25, -0.2) is 9.97 Å². The molecule has 2 heterocycles. The number of rotatable bonds is 4. The molecule has 1 atom stereocenters. The first-order valence-corrected chi connectivity index (χ1v) is 9.55. The van der Waals surface area contributed by atoms with Gasteiger partial charge < -0.3 is 5.11 Å². The van der Waals surface area contributed by atoms with Crippen LogP contribution in [-0.4, -0.2) is 20.9 Å². The third-order valence-corrected chi connectivity index (χ3v) is 5.59. The fourth-order valence-electron chi connectivity index (χ4n) is 3.26. The molecule has 4 aromatic rings. The number of phenols is 1. The molecule has 0 fully saturated rings. The molecule has 27 heavy (non-hydrogen) atoms. The number of aromatic hydroxyl groups is 1. The van der Waals surface area contributed by atoms with Crippen LogP contribution in [0.1, 0.15) is 34.5 Å². The Morgan fingerprint density at radius 2 is 1.89 bits per heavy atom. The number of aryl methyl sites for hydroxylation is 1. The van der Waals surface area contributed by atoms with Crippen LogP contribution in [0.5, 0.6) is 5.75 Å². The van der Waals surface area contributed by atoms with Gasteiger partial charge in [0.25, 0.3) is 0 Å². The van der Waals surface area contributed by atoms with Crippen LogP contribution in [0.2, 0.25) is 0 Å². The molecule has 0 saturated carbocycles. The average molecular weight is 374 g/mol. The largest absolute Gasteiger partial charge is 0.507 e. The molecule has 0 saturated heterocycles. The molecule has 2 aromatic carbocycles. The van der Waals surface area contributed by atoms with E-state index in [1.807, 2.05) is 44.2 Å². The molecule has 0 aliphatic carbocycles. The maximum absolute atomic E-state index is 13.1. The first-order valence-electron chi connectivity index (χ1n) is 8.67. The van der Waals surface area contributed by atoms with E-state index in [-0.39, 0.29) is 11.5 Å². The third-order valence-electron chi connectivity index (χ3n) is 4.71. The van der Waals surface area contributed by atoms with Crippen molar-refractivity contribution in [2.24, 2.45) is 0 Å². The second kappa shape index (κ2) is 6.93. The molecule has 0 unspecified atom stereocenters. The first kappa shape index (κ1) is 17.4. The minimum Gasteiger partial charge on any atom is -0.507 e. The van der Waals surface area contributed by atoms with E-state index in [0.29, 0.717) is 11.3 Å². The molecule has 0 amide bonds. The number of carbonyl (C=O) groups excluding carboxylic acids is 1. The molecular weight excluding hydrogens is 356 g/mol. The lowest BCUT2D eigenvalue weighted by molar-refractivity contribution is 0.0962. The van der Waals surface area contributed by atoms with E-state index < -0.39 is 5.92 Å². The van der Waals surface area contributed by atoms with Gasteiger partial charge in [0.15, 0.2) is 5.78 Å². The second-order valence-electron chi connectivity index (χ2n) is 6.56. The van der Waals surface area contributed by atoms with Crippen LogP contribution < -0.4 is 0 Å². The smallest absolute Gasteiger partial charge is 0.175 e. The summed E-state index contributed by atoms with van der Waals surface area (Å²) in [6.07, 6.45) is 1.50. The van der Waals surface area contributed by atoms with Crippen molar-refractivity contribution in [2.75, 3.05) is 0 Å². The number of fused-ring (bicyclic) bond motifs is 1. The van der Waals surface area contributed by atoms with Crippen LogP contribution in [0, 0.1) is 6.92 Å². The molecular formula is C22H18N2O2S. The number of benzene rings is 2. The average Bonchev–Trinajstić information content (AvgIpc) is 3.13. The highest BCUT2D eigenvalue weighted by atomic mass is 32.1. The quantitative estimate of drug-likeness (QED) is 0.489. The van der Waals surface area contributed by atoms with Crippen molar-refractivity contribution in [1.82, 2.24) is 9.97 Å². The number of phenolic OH excluding ortho intramolecular Hbond substituents is 1. The summed E-state index contributed by atoms with van der Waals surface area (Å²) in [6, 6.07) is 15.1. The fourth-order valence-corrected chi connectivity index (χ4v) is 4.19. The lowest BCUT2D eigenvalue weighted by Crippen LogP contribution is -2.12. The van der Waals surface area contributed by atoms with Crippen molar-refractivity contribution < 1.29 is 9.90 Å². The molecule has 2 aromatic heterocycles. The summed E-state index contributed by atoms with van der Waals surface area (Å²) in [5.74, 6) is -0.655. The molecule has 4 nitrogen and oxygen atoms in total. The van der Waals surface area contributed by atoms with Crippen molar-refractivity contribution in [3.8, 4) is 16.9 Å². The minimum absolute atomic E-state index is 0.00338. The second-order valence-corrected chi connectivity index (χ2v) is 7.42. The monoisotopic (exact) mass is 374 g/mol. The van der Waals surface area contributed by atoms with Gasteiger partial charge in [0.2, 0.25) is 0 Å². The van der Waals surface area contributed by atoms with Gasteiger partial charge in [-0.15, -0.1) is 11.3 Å². The predicted octanol–water partition coefficient (Wildman–Crippen LogP) is 5.36. The topological polar surface area (TPSA) is 63.1 Å². The maximum atomic E-state index is 13.1. The number of Topliss-reactive ketones (excluding diaryl/α,β-unsaturated/α-hetero) is 1. The van der Waals surface area contributed by atoms with Crippen LogP contribution in [0.3, 0.4) is 0 Å². The predicted molar refractivity (Wildman–Crippen MR) is 108 cm³/mol. The number of nitrogens with zero attached hydrogens (tertiary/aromatic N) is 2. The number of thiophene rings is 1. The Kier molecular flexibility index (Phi) is 4.46. The summed E-state index contributed by atoms with van der Waals surface area (Å²) in [6.45, 7) is 3.73. The number of hydrogen-bond acceptors (Lipinski definition) is 5. The van der Waals surface area contributed by atoms with E-state index >= 15 is 0 Å². The fraction of sp³-hybridized carbons (Fsp3) is 0.136. The standard InChI is InChI=1S/C22H18N2O2S/c1-13-8-9-18(25)16(10-13)21(26)14(2)20-19-17(15-6-4-3-5-7-15)11-27-22(19)24-12-23-20/h3-12,14,25H,1-2H3/t14-/m0/s1. The third kappa shape index (κ3) is 3.11. The van der Waals surface area contributed by atoms with Gasteiger partial charge in [0.1, 0.15) is 16.9 Å². The van der Waals surface area contributed by atoms with Gasteiger partial charge in [-0.2, -0.15) is 0 Å². The van der Waals surface area contributed by atoms with E-state index in [0.717, 1.165) is 26.9 Å². The number of ketones is 1. The van der Waals surface area contributed by atoms with Crippen molar-refractivity contribution in [3.63, 3.8) is 0 Å². The van der Waals surface area contributed by atoms with Crippen molar-refractivity contribution in [3.05, 3.63) is 77.1 Å². The van der Waals surface area contributed by atoms with E-state index in [2.05, 4.69) is 15.3 Å². The van der Waals surface area contributed by atoms with Crippen LogP contribution in [0.15, 0.2) is 60.2 Å². The van der Waals surface area contributed by atoms with Gasteiger partial charge >= 0.3 is 0 Å². The van der Waals surface area contributed by atoms with Gasteiger partial charge in [-0.1, -0.05) is 42.0 Å². The number of aromatic nitrogens is 2. The Morgan fingerprint density at radius 3 is 2.67 bits per heavy atom. The number of hydrogen-bond donors (Lipinski definition) is 1. The zero-order valence-corrected chi connectivity index (χ0v) is 15.8. The van der Waals surface area contributed by atoms with E-state index in [9.17, 15) is 9.90 Å². The summed E-state index contributed by atoms with van der Waals surface area (Å²) in [5.41, 5.74) is 4.03. The Hall–Kier alpha value is -3.05. The zero-order valence-electron chi connectivity index (χ0n) is 15.0. The SMILES string of the molecule is Cc1ccc(O)c(C(=O)[C@@H](C)c2ncnc3scc(-c4ccccc4)c23)c1. The van der Waals surface area contributed by atoms with E-state index in [1.165, 1.54) is 6.33 Å². The van der Waals surface area contributed by atoms with Crippen LogP contribution in [-0.2, 0) is 0 Å². The van der Waals surface area contributed by atoms with Gasteiger partial charge in [0.05, 0.1) is 17.2 Å². The normalized spacial score (nSPS) is 12.2. The Labute approximate surface area is 161 Å². The highest BCUT2D eigenvalue weighted by Crippen LogP contribution is 2.38. The molecule has 4 rings (SSSR count). The van der Waals surface area contributed by atoms with E-state index in [1.54, 1.807) is 29.5 Å². The molecule has 0 radical (unpaired) electrons. The highest BCUT2D eigenvalue weighted by molar-refractivity contribution is 7.17. The van der Waals surface area contributed by atoms with Gasteiger partial charge in [0, 0.05) is 16.3 Å². The van der Waals surface area contributed by atoms with Crippen LogP contribution >= 0.6 is 11.3 Å². The maximum Gasteiger partial charge on any atom is 0.175 e. The summed E-state index contributed by atoms with van der Waals surface area (Å²) in [7, 11) is 0. The zero-order chi connectivity index (χ0) is 19.0. The van der Waals surface area contributed by atoms with E-state index in [4.69, 9.17) is 0 Å². The molecule has 134 valence electrons. The van der Waals surface area contributed by atoms with Gasteiger partial charge in [-0.05, 0) is 31.5 Å². The first-order chi connectivity index (χ1) is 13.1. The molecule has 0 bridgehead atoms. The van der Waals surface area contributed by atoms with Crippen molar-refractivity contribution in [1.29, 1.82) is 0 Å². The molecule has 0 aliphatic heterocycles. The van der Waals surface area contributed by atoms with Gasteiger partial charge in [-0.3, -0.25) is 4.79 Å². The highest BCUT2D eigenvalue weighted by Gasteiger charge is 2.25. The lowest BCUT2D eigenvalue weighted by atomic mass is 9.91. The molecule has 0 aliphatic rings.